The van der Waals surface area contributed by atoms with Gasteiger partial charge in [0, 0.05) is 16.8 Å². The molecule has 3 rings (SSSR count). The Hall–Kier alpha value is -3.08. The number of ether oxygens (including phenoxy) is 1. The van der Waals surface area contributed by atoms with Crippen molar-refractivity contribution in [2.45, 2.75) is 26.4 Å². The highest BCUT2D eigenvalue weighted by molar-refractivity contribution is 5.92. The number of carbonyl (C=O) groups excluding carboxylic acids is 1. The number of aromatic nitrogens is 1. The highest BCUT2D eigenvalue weighted by atomic mass is 16.5. The molecule has 0 unspecified atom stereocenters. The van der Waals surface area contributed by atoms with Crippen molar-refractivity contribution in [2.24, 2.45) is 0 Å². The van der Waals surface area contributed by atoms with Gasteiger partial charge in [-0.3, -0.25) is 9.78 Å². The zero-order valence-electron chi connectivity index (χ0n) is 14.3. The topological polar surface area (TPSA) is 77.2 Å². The van der Waals surface area contributed by atoms with Crippen LogP contribution < -0.4 is 15.8 Å². The Labute approximate surface area is 146 Å². The molecule has 0 saturated carbocycles. The molecule has 3 aromatic rings. The molecular weight excluding hydrogens is 314 g/mol. The van der Waals surface area contributed by atoms with Crippen LogP contribution in [0.15, 0.2) is 54.6 Å². The summed E-state index contributed by atoms with van der Waals surface area (Å²) in [5.74, 6) is 0.670. The molecule has 5 nitrogen and oxygen atoms in total. The summed E-state index contributed by atoms with van der Waals surface area (Å²) in [4.78, 5) is 16.7. The van der Waals surface area contributed by atoms with Crippen LogP contribution in [0.3, 0.4) is 0 Å². The third-order valence-electron chi connectivity index (χ3n) is 3.62. The van der Waals surface area contributed by atoms with Gasteiger partial charge >= 0.3 is 0 Å². The van der Waals surface area contributed by atoms with Crippen molar-refractivity contribution >= 4 is 28.2 Å². The highest BCUT2D eigenvalue weighted by Crippen LogP contribution is 2.18. The van der Waals surface area contributed by atoms with Gasteiger partial charge in [0.1, 0.15) is 5.75 Å². The summed E-state index contributed by atoms with van der Waals surface area (Å²) in [7, 11) is 0. The lowest BCUT2D eigenvalue weighted by atomic mass is 10.1. The molecular formula is C20H21N3O2. The Bertz CT molecular complexity index is 889. The van der Waals surface area contributed by atoms with Crippen LogP contribution in [0, 0.1) is 0 Å². The van der Waals surface area contributed by atoms with Crippen molar-refractivity contribution in [3.63, 3.8) is 0 Å². The van der Waals surface area contributed by atoms with E-state index in [0.717, 1.165) is 28.0 Å². The average molecular weight is 335 g/mol. The number of nitrogen functional groups attached to an aromatic ring is 1. The number of pyridine rings is 1. The fourth-order valence-corrected chi connectivity index (χ4v) is 2.54. The minimum absolute atomic E-state index is 0.111. The Morgan fingerprint density at radius 1 is 1.12 bits per heavy atom. The molecule has 1 aromatic heterocycles. The summed E-state index contributed by atoms with van der Waals surface area (Å²) >= 11 is 0. The van der Waals surface area contributed by atoms with E-state index in [2.05, 4.69) is 10.3 Å². The minimum Gasteiger partial charge on any atom is -0.491 e. The quantitative estimate of drug-likeness (QED) is 0.696. The van der Waals surface area contributed by atoms with Crippen LogP contribution in [0.1, 0.15) is 19.5 Å². The van der Waals surface area contributed by atoms with Crippen LogP contribution in [0.5, 0.6) is 5.75 Å². The normalized spacial score (nSPS) is 10.8. The largest absolute Gasteiger partial charge is 0.491 e. The number of rotatable bonds is 5. The molecule has 0 saturated heterocycles. The van der Waals surface area contributed by atoms with E-state index in [4.69, 9.17) is 10.5 Å². The molecule has 0 aliphatic heterocycles. The Kier molecular flexibility index (Phi) is 4.84. The molecule has 2 aromatic carbocycles. The molecule has 1 heterocycles. The highest BCUT2D eigenvalue weighted by Gasteiger charge is 2.07. The molecule has 0 aliphatic carbocycles. The SMILES string of the molecule is CC(C)Oc1ccc(NC(=O)Cc2ccc3cc(N)ccc3n2)cc1. The second-order valence-electron chi connectivity index (χ2n) is 6.17. The number of carbonyl (C=O) groups is 1. The molecule has 0 spiro atoms. The summed E-state index contributed by atoms with van der Waals surface area (Å²) in [5.41, 5.74) is 8.74. The molecule has 25 heavy (non-hydrogen) atoms. The van der Waals surface area contributed by atoms with Gasteiger partial charge in [-0.05, 0) is 62.4 Å². The number of benzene rings is 2. The van der Waals surface area contributed by atoms with Gasteiger partial charge in [-0.2, -0.15) is 0 Å². The van der Waals surface area contributed by atoms with Gasteiger partial charge in [-0.25, -0.2) is 0 Å². The number of hydrogen-bond acceptors (Lipinski definition) is 4. The zero-order chi connectivity index (χ0) is 17.8. The maximum Gasteiger partial charge on any atom is 0.230 e. The van der Waals surface area contributed by atoms with Crippen LogP contribution >= 0.6 is 0 Å². The van der Waals surface area contributed by atoms with Crippen molar-refractivity contribution in [3.05, 3.63) is 60.3 Å². The Morgan fingerprint density at radius 2 is 1.88 bits per heavy atom. The monoisotopic (exact) mass is 335 g/mol. The second kappa shape index (κ2) is 7.21. The smallest absolute Gasteiger partial charge is 0.230 e. The number of hydrogen-bond donors (Lipinski definition) is 2. The summed E-state index contributed by atoms with van der Waals surface area (Å²) in [6.45, 7) is 3.95. The van der Waals surface area contributed by atoms with Gasteiger partial charge in [-0.1, -0.05) is 6.07 Å². The maximum absolute atomic E-state index is 12.2. The molecule has 0 fully saturated rings. The lowest BCUT2D eigenvalue weighted by Gasteiger charge is -2.10. The van der Waals surface area contributed by atoms with Crippen LogP contribution in [-0.4, -0.2) is 17.0 Å². The van der Waals surface area contributed by atoms with E-state index in [-0.39, 0.29) is 18.4 Å². The fourth-order valence-electron chi connectivity index (χ4n) is 2.54. The number of nitrogens with two attached hydrogens (primary N) is 1. The zero-order valence-corrected chi connectivity index (χ0v) is 14.3. The number of anilines is 2. The number of nitrogens with one attached hydrogen (secondary N) is 1. The van der Waals surface area contributed by atoms with Crippen molar-refractivity contribution in [3.8, 4) is 5.75 Å². The van der Waals surface area contributed by atoms with Gasteiger partial charge in [0.15, 0.2) is 0 Å². The van der Waals surface area contributed by atoms with E-state index in [1.54, 1.807) is 6.07 Å². The minimum atomic E-state index is -0.111. The van der Waals surface area contributed by atoms with Crippen molar-refractivity contribution in [2.75, 3.05) is 11.1 Å². The summed E-state index contributed by atoms with van der Waals surface area (Å²) in [5, 5.41) is 3.84. The summed E-state index contributed by atoms with van der Waals surface area (Å²) in [6.07, 6.45) is 0.333. The molecule has 3 N–H and O–H groups in total. The van der Waals surface area contributed by atoms with Crippen molar-refractivity contribution in [1.29, 1.82) is 0 Å². The number of nitrogens with zero attached hydrogens (tertiary/aromatic N) is 1. The maximum atomic E-state index is 12.2. The predicted octanol–water partition coefficient (Wildman–Crippen LogP) is 3.79. The lowest BCUT2D eigenvalue weighted by molar-refractivity contribution is -0.115. The van der Waals surface area contributed by atoms with Crippen molar-refractivity contribution in [1.82, 2.24) is 4.98 Å². The van der Waals surface area contributed by atoms with Gasteiger partial charge in [-0.15, -0.1) is 0 Å². The first-order valence-electron chi connectivity index (χ1n) is 8.21. The van der Waals surface area contributed by atoms with Gasteiger partial charge < -0.3 is 15.8 Å². The van der Waals surface area contributed by atoms with Gasteiger partial charge in [0.05, 0.1) is 23.7 Å². The van der Waals surface area contributed by atoms with E-state index in [0.29, 0.717) is 5.69 Å². The Balaban J connectivity index is 1.65. The number of amides is 1. The van der Waals surface area contributed by atoms with E-state index in [1.807, 2.05) is 62.4 Å². The number of fused-ring (bicyclic) bond motifs is 1. The molecule has 0 atom stereocenters. The molecule has 5 heteroatoms. The predicted molar refractivity (Wildman–Crippen MR) is 101 cm³/mol. The third-order valence-corrected chi connectivity index (χ3v) is 3.62. The third kappa shape index (κ3) is 4.47. The van der Waals surface area contributed by atoms with Gasteiger partial charge in [0.2, 0.25) is 5.91 Å². The first-order chi connectivity index (χ1) is 12.0. The lowest BCUT2D eigenvalue weighted by Crippen LogP contribution is -2.15. The van der Waals surface area contributed by atoms with E-state index >= 15 is 0 Å². The van der Waals surface area contributed by atoms with Crippen molar-refractivity contribution < 1.29 is 9.53 Å². The molecule has 0 radical (unpaired) electrons. The summed E-state index contributed by atoms with van der Waals surface area (Å²) in [6, 6.07) is 16.6. The van der Waals surface area contributed by atoms with E-state index in [1.165, 1.54) is 0 Å². The Morgan fingerprint density at radius 3 is 2.60 bits per heavy atom. The fraction of sp³-hybridized carbons (Fsp3) is 0.200. The van der Waals surface area contributed by atoms with E-state index in [9.17, 15) is 4.79 Å². The molecule has 128 valence electrons. The van der Waals surface area contributed by atoms with Crippen LogP contribution in [-0.2, 0) is 11.2 Å². The molecule has 1 amide bonds. The van der Waals surface area contributed by atoms with E-state index < -0.39 is 0 Å². The van der Waals surface area contributed by atoms with Gasteiger partial charge in [0.25, 0.3) is 0 Å². The van der Waals surface area contributed by atoms with Crippen LogP contribution in [0.4, 0.5) is 11.4 Å². The van der Waals surface area contributed by atoms with Crippen LogP contribution in [0.25, 0.3) is 10.9 Å². The molecule has 0 aliphatic rings. The molecule has 0 bridgehead atoms. The first-order valence-corrected chi connectivity index (χ1v) is 8.21. The second-order valence-corrected chi connectivity index (χ2v) is 6.17. The first kappa shape index (κ1) is 16.8. The standard InChI is InChI=1S/C20H21N3O2/c1-13(2)25-18-8-6-16(7-9-18)23-20(24)12-17-5-3-14-11-15(21)4-10-19(14)22-17/h3-11,13H,12,21H2,1-2H3,(H,23,24). The summed E-state index contributed by atoms with van der Waals surface area (Å²) < 4.78 is 5.59. The van der Waals surface area contributed by atoms with Crippen LogP contribution in [0.2, 0.25) is 0 Å². The average Bonchev–Trinajstić information content (AvgIpc) is 2.56.